The van der Waals surface area contributed by atoms with Crippen molar-refractivity contribution >= 4 is 5.91 Å². The lowest BCUT2D eigenvalue weighted by Gasteiger charge is -2.48. The molecule has 1 amide bonds. The number of carbonyl (C=O) groups excluding carboxylic acids is 1. The Labute approximate surface area is 250 Å². The van der Waals surface area contributed by atoms with Crippen molar-refractivity contribution in [1.29, 1.82) is 0 Å². The first-order chi connectivity index (χ1) is 20.2. The summed E-state index contributed by atoms with van der Waals surface area (Å²) >= 11 is 0. The van der Waals surface area contributed by atoms with Gasteiger partial charge < -0.3 is 82.5 Å². The number of hydrogen-bond acceptors (Lipinski definition) is 16. The molecule has 43 heavy (non-hydrogen) atoms. The number of carbonyl (C=O) groups is 1. The van der Waals surface area contributed by atoms with Gasteiger partial charge in [0.2, 0.25) is 0 Å². The molecule has 0 aromatic heterocycles. The van der Waals surface area contributed by atoms with Gasteiger partial charge in [-0.3, -0.25) is 4.79 Å². The quantitative estimate of drug-likeness (QED) is 0.0847. The SMILES string of the molecule is C[C@@H]1C(O)[C@@H](OC2C(O)C(O[C@H]3O[C@H](CNCCO)CCC3N)[C@@H](N)C[C@H]2NC(=O)[C@@H](O)[C@@H](O)[C@@H](O)CN)OCC1(C)O. The van der Waals surface area contributed by atoms with E-state index in [1.807, 2.05) is 0 Å². The Hall–Kier alpha value is -1.13. The maximum atomic E-state index is 12.9. The fraction of sp³-hybridized carbons (Fsp3) is 0.962. The van der Waals surface area contributed by atoms with Crippen molar-refractivity contribution in [3.63, 3.8) is 0 Å². The number of ether oxygens (including phenoxy) is 4. The van der Waals surface area contributed by atoms with Crippen molar-refractivity contribution < 1.29 is 59.5 Å². The van der Waals surface area contributed by atoms with Crippen LogP contribution in [0, 0.1) is 5.92 Å². The van der Waals surface area contributed by atoms with Crippen molar-refractivity contribution in [2.45, 2.75) is 118 Å². The molecule has 17 heteroatoms. The first kappa shape index (κ1) is 36.3. The van der Waals surface area contributed by atoms with Gasteiger partial charge in [0.15, 0.2) is 18.7 Å². The molecule has 15 N–H and O–H groups in total. The van der Waals surface area contributed by atoms with Gasteiger partial charge in [-0.15, -0.1) is 0 Å². The number of aliphatic hydroxyl groups is 7. The summed E-state index contributed by atoms with van der Waals surface area (Å²) in [6.45, 7) is 3.30. The van der Waals surface area contributed by atoms with Gasteiger partial charge in [0.1, 0.15) is 30.5 Å². The van der Waals surface area contributed by atoms with E-state index < -0.39 is 97.4 Å². The van der Waals surface area contributed by atoms with Gasteiger partial charge in [0.25, 0.3) is 5.91 Å². The van der Waals surface area contributed by atoms with Gasteiger partial charge in [0, 0.05) is 31.6 Å². The predicted molar refractivity (Wildman–Crippen MR) is 149 cm³/mol. The summed E-state index contributed by atoms with van der Waals surface area (Å²) in [5.74, 6) is -1.77. The zero-order valence-corrected chi connectivity index (χ0v) is 24.6. The number of hydrogen-bond donors (Lipinski definition) is 12. The molecule has 0 bridgehead atoms. The zero-order chi connectivity index (χ0) is 32.1. The van der Waals surface area contributed by atoms with Crippen molar-refractivity contribution in [2.75, 3.05) is 32.8 Å². The van der Waals surface area contributed by atoms with Crippen LogP contribution in [0.3, 0.4) is 0 Å². The normalized spacial score (nSPS) is 42.7. The summed E-state index contributed by atoms with van der Waals surface area (Å²) in [7, 11) is 0. The molecule has 2 aliphatic heterocycles. The van der Waals surface area contributed by atoms with Gasteiger partial charge in [-0.1, -0.05) is 6.92 Å². The molecule has 17 nitrogen and oxygen atoms in total. The third-order valence-corrected chi connectivity index (χ3v) is 8.63. The van der Waals surface area contributed by atoms with E-state index in [1.165, 1.54) is 6.92 Å². The minimum absolute atomic E-state index is 0.0340. The van der Waals surface area contributed by atoms with Crippen LogP contribution in [0.25, 0.3) is 0 Å². The van der Waals surface area contributed by atoms with Gasteiger partial charge in [0.05, 0.1) is 43.1 Å². The number of aliphatic hydroxyl groups excluding tert-OH is 6. The molecule has 0 aromatic carbocycles. The Morgan fingerprint density at radius 1 is 1.07 bits per heavy atom. The Kier molecular flexibility index (Phi) is 13.5. The van der Waals surface area contributed by atoms with Gasteiger partial charge in [-0.2, -0.15) is 0 Å². The van der Waals surface area contributed by atoms with Gasteiger partial charge in [-0.25, -0.2) is 0 Å². The molecule has 6 unspecified atom stereocenters. The monoisotopic (exact) mass is 625 g/mol. The molecule has 3 fully saturated rings. The van der Waals surface area contributed by atoms with E-state index in [2.05, 4.69) is 10.6 Å². The van der Waals surface area contributed by atoms with Crippen LogP contribution in [-0.4, -0.2) is 160 Å². The highest BCUT2D eigenvalue weighted by Crippen LogP contribution is 2.34. The predicted octanol–water partition coefficient (Wildman–Crippen LogP) is -6.11. The molecule has 252 valence electrons. The van der Waals surface area contributed by atoms with Crippen LogP contribution in [0.5, 0.6) is 0 Å². The fourth-order valence-electron chi connectivity index (χ4n) is 5.52. The van der Waals surface area contributed by atoms with Crippen molar-refractivity contribution in [3.8, 4) is 0 Å². The van der Waals surface area contributed by atoms with E-state index in [0.717, 1.165) is 0 Å². The van der Waals surface area contributed by atoms with Crippen LogP contribution in [-0.2, 0) is 23.7 Å². The number of nitrogens with two attached hydrogens (primary N) is 3. The minimum atomic E-state index is -2.07. The molecule has 1 aliphatic carbocycles. The van der Waals surface area contributed by atoms with E-state index in [1.54, 1.807) is 6.92 Å². The topological polar surface area (TPSA) is 298 Å². The Balaban J connectivity index is 1.79. The molecular formula is C26H51N5O12. The Morgan fingerprint density at radius 2 is 1.74 bits per heavy atom. The molecule has 0 spiro atoms. The summed E-state index contributed by atoms with van der Waals surface area (Å²) in [6, 6.07) is -2.53. The lowest BCUT2D eigenvalue weighted by atomic mass is 9.82. The van der Waals surface area contributed by atoms with Crippen molar-refractivity contribution in [2.24, 2.45) is 23.1 Å². The minimum Gasteiger partial charge on any atom is -0.395 e. The maximum absolute atomic E-state index is 12.9. The summed E-state index contributed by atoms with van der Waals surface area (Å²) in [4.78, 5) is 12.9. The smallest absolute Gasteiger partial charge is 0.251 e. The molecule has 2 saturated heterocycles. The molecule has 2 heterocycles. The highest BCUT2D eigenvalue weighted by molar-refractivity contribution is 5.81. The maximum Gasteiger partial charge on any atom is 0.251 e. The van der Waals surface area contributed by atoms with Gasteiger partial charge in [-0.05, 0) is 26.2 Å². The number of nitrogens with one attached hydrogen (secondary N) is 2. The molecule has 0 radical (unpaired) electrons. The van der Waals surface area contributed by atoms with Crippen LogP contribution in [0.15, 0.2) is 0 Å². The van der Waals surface area contributed by atoms with Crippen LogP contribution in [0.4, 0.5) is 0 Å². The summed E-state index contributed by atoms with van der Waals surface area (Å²) in [6.07, 6.45) is -12.2. The third-order valence-electron chi connectivity index (χ3n) is 8.63. The van der Waals surface area contributed by atoms with Crippen molar-refractivity contribution in [1.82, 2.24) is 10.6 Å². The molecule has 0 aromatic rings. The van der Waals surface area contributed by atoms with E-state index in [9.17, 15) is 35.4 Å². The Bertz CT molecular complexity index is 876. The number of amides is 1. The largest absolute Gasteiger partial charge is 0.395 e. The molecule has 15 atom stereocenters. The van der Waals surface area contributed by atoms with E-state index in [-0.39, 0.29) is 25.7 Å². The van der Waals surface area contributed by atoms with Crippen LogP contribution in [0.1, 0.15) is 33.1 Å². The van der Waals surface area contributed by atoms with E-state index in [0.29, 0.717) is 25.9 Å². The lowest BCUT2D eigenvalue weighted by Crippen LogP contribution is -2.68. The highest BCUT2D eigenvalue weighted by atomic mass is 16.7. The van der Waals surface area contributed by atoms with Crippen molar-refractivity contribution in [3.05, 3.63) is 0 Å². The van der Waals surface area contributed by atoms with Crippen LogP contribution in [0.2, 0.25) is 0 Å². The summed E-state index contributed by atoms with van der Waals surface area (Å²) in [5.41, 5.74) is 16.6. The number of rotatable bonds is 13. The second-order valence-electron chi connectivity index (χ2n) is 12.1. The standard InChI is InChI=1S/C26H51N5O12/c1-11-17(34)25(40-10-26(11,2)39)43-22-15(31-23(38)19(36)18(35)16(33)8-27)7-14(29)21(20(22)37)42-24-13(28)4-3-12(41-24)9-30-5-6-32/h11-22,24-25,30,32-37,39H,3-10,27-29H2,1-2H3,(H,31,38)/t11-,12+,13?,14+,15-,16+,17?,18+,19+,20?,21?,22?,24-,25-,26?/m1/s1. The van der Waals surface area contributed by atoms with E-state index >= 15 is 0 Å². The second-order valence-corrected chi connectivity index (χ2v) is 12.1. The first-order valence-electron chi connectivity index (χ1n) is 14.8. The molecule has 3 rings (SSSR count). The summed E-state index contributed by atoms with van der Waals surface area (Å²) in [5, 5.41) is 77.6. The fourth-order valence-corrected chi connectivity index (χ4v) is 5.52. The van der Waals surface area contributed by atoms with Crippen LogP contribution < -0.4 is 27.8 Å². The molecular weight excluding hydrogens is 574 g/mol. The first-order valence-corrected chi connectivity index (χ1v) is 14.8. The van der Waals surface area contributed by atoms with Gasteiger partial charge >= 0.3 is 0 Å². The molecule has 1 saturated carbocycles. The Morgan fingerprint density at radius 3 is 2.40 bits per heavy atom. The summed E-state index contributed by atoms with van der Waals surface area (Å²) < 4.78 is 23.7. The van der Waals surface area contributed by atoms with E-state index in [4.69, 9.17) is 41.3 Å². The lowest BCUT2D eigenvalue weighted by molar-refractivity contribution is -0.314. The average Bonchev–Trinajstić information content (AvgIpc) is 2.97. The second kappa shape index (κ2) is 15.9. The zero-order valence-electron chi connectivity index (χ0n) is 24.6. The highest BCUT2D eigenvalue weighted by Gasteiger charge is 2.51. The average molecular weight is 626 g/mol. The van der Waals surface area contributed by atoms with Crippen LogP contribution >= 0.6 is 0 Å². The molecule has 3 aliphatic rings. The third kappa shape index (κ3) is 8.99.